The molecule has 1 aromatic carbocycles. The molecule has 1 saturated heterocycles. The molecule has 0 spiro atoms. The Morgan fingerprint density at radius 3 is 2.33 bits per heavy atom. The second-order valence-corrected chi connectivity index (χ2v) is 9.26. The number of hydrogen-bond donors (Lipinski definition) is 1. The second-order valence-electron chi connectivity index (χ2n) is 7.03. The first-order valence-electron chi connectivity index (χ1n) is 8.49. The average molecular weight is 353 g/mol. The third kappa shape index (κ3) is 4.57. The number of sulfone groups is 1. The molecule has 0 unspecified atom stereocenters. The molecular formula is C18H28N2O3S. The van der Waals surface area contributed by atoms with E-state index in [4.69, 9.17) is 0 Å². The van der Waals surface area contributed by atoms with E-state index in [1.165, 1.54) is 0 Å². The van der Waals surface area contributed by atoms with Crippen LogP contribution in [0.5, 0.6) is 0 Å². The molecule has 1 aliphatic heterocycles. The van der Waals surface area contributed by atoms with E-state index < -0.39 is 9.84 Å². The highest BCUT2D eigenvalue weighted by Gasteiger charge is 2.34. The molecule has 0 radical (unpaired) electrons. The first kappa shape index (κ1) is 18.9. The van der Waals surface area contributed by atoms with Crippen LogP contribution in [0.3, 0.4) is 0 Å². The summed E-state index contributed by atoms with van der Waals surface area (Å²) in [6.45, 7) is 6.09. The van der Waals surface area contributed by atoms with Gasteiger partial charge in [-0.2, -0.15) is 0 Å². The maximum absolute atomic E-state index is 12.7. The summed E-state index contributed by atoms with van der Waals surface area (Å²) in [7, 11) is -1.29. The number of amides is 1. The lowest BCUT2D eigenvalue weighted by Gasteiger charge is -2.31. The number of nitrogens with zero attached hydrogens (tertiary/aromatic N) is 1. The van der Waals surface area contributed by atoms with Gasteiger partial charge in [0, 0.05) is 19.1 Å². The molecule has 1 aromatic rings. The monoisotopic (exact) mass is 352 g/mol. The molecule has 0 saturated carbocycles. The number of likely N-dealkylation sites (N-methyl/N-ethyl adjacent to an activating group) is 1. The molecule has 24 heavy (non-hydrogen) atoms. The first-order chi connectivity index (χ1) is 11.2. The zero-order valence-electron chi connectivity index (χ0n) is 14.9. The Labute approximate surface area is 145 Å². The Hall–Kier alpha value is -1.40. The molecule has 0 aromatic heterocycles. The number of hydrogen-bond acceptors (Lipinski definition) is 4. The van der Waals surface area contributed by atoms with Crippen molar-refractivity contribution < 1.29 is 13.2 Å². The van der Waals surface area contributed by atoms with Crippen molar-refractivity contribution in [2.45, 2.75) is 45.3 Å². The van der Waals surface area contributed by atoms with Crippen LogP contribution in [0.15, 0.2) is 30.3 Å². The van der Waals surface area contributed by atoms with Crippen molar-refractivity contribution in [3.8, 4) is 0 Å². The minimum Gasteiger partial charge on any atom is -0.340 e. The van der Waals surface area contributed by atoms with Gasteiger partial charge in [0.1, 0.15) is 0 Å². The SMILES string of the molecule is CC(C)[C@@H](N[C@@H](C)C(=O)N(C)[C@@H]1CCS(=O)(=O)C1)c1ccccc1. The molecule has 1 N–H and O–H groups in total. The topological polar surface area (TPSA) is 66.5 Å². The molecule has 1 amide bonds. The quantitative estimate of drug-likeness (QED) is 0.850. The van der Waals surface area contributed by atoms with E-state index in [2.05, 4.69) is 31.3 Å². The van der Waals surface area contributed by atoms with E-state index in [1.54, 1.807) is 11.9 Å². The molecular weight excluding hydrogens is 324 g/mol. The van der Waals surface area contributed by atoms with Gasteiger partial charge in [-0.25, -0.2) is 8.42 Å². The molecule has 0 bridgehead atoms. The van der Waals surface area contributed by atoms with E-state index >= 15 is 0 Å². The van der Waals surface area contributed by atoms with Gasteiger partial charge in [0.05, 0.1) is 17.5 Å². The lowest BCUT2D eigenvalue weighted by atomic mass is 9.95. The van der Waals surface area contributed by atoms with Gasteiger partial charge in [-0.1, -0.05) is 44.2 Å². The molecule has 6 heteroatoms. The second kappa shape index (κ2) is 7.66. The molecule has 3 atom stereocenters. The Kier molecular flexibility index (Phi) is 6.04. The number of nitrogens with one attached hydrogen (secondary N) is 1. The molecule has 5 nitrogen and oxygen atoms in total. The minimum atomic E-state index is -2.99. The van der Waals surface area contributed by atoms with Gasteiger partial charge in [-0.15, -0.1) is 0 Å². The Morgan fingerprint density at radius 2 is 1.83 bits per heavy atom. The third-order valence-corrected chi connectivity index (χ3v) is 6.48. The van der Waals surface area contributed by atoms with Crippen molar-refractivity contribution in [1.82, 2.24) is 10.2 Å². The van der Waals surface area contributed by atoms with E-state index in [-0.39, 0.29) is 35.5 Å². The van der Waals surface area contributed by atoms with Crippen molar-refractivity contribution in [1.29, 1.82) is 0 Å². The smallest absolute Gasteiger partial charge is 0.239 e. The van der Waals surface area contributed by atoms with E-state index in [0.29, 0.717) is 12.3 Å². The molecule has 134 valence electrons. The summed E-state index contributed by atoms with van der Waals surface area (Å²) in [6, 6.07) is 9.58. The van der Waals surface area contributed by atoms with Crippen LogP contribution in [0.2, 0.25) is 0 Å². The third-order valence-electron chi connectivity index (χ3n) is 4.73. The van der Waals surface area contributed by atoms with Gasteiger partial charge in [-0.3, -0.25) is 10.1 Å². The largest absolute Gasteiger partial charge is 0.340 e. The molecule has 1 fully saturated rings. The zero-order chi connectivity index (χ0) is 17.9. The standard InChI is InChI=1S/C18H28N2O3S/c1-13(2)17(15-8-6-5-7-9-15)19-14(3)18(21)20(4)16-10-11-24(22,23)12-16/h5-9,13-14,16-17,19H,10-12H2,1-4H3/t14-,16+,17+/m0/s1. The number of benzene rings is 1. The van der Waals surface area contributed by atoms with Crippen LogP contribution in [-0.4, -0.2) is 49.9 Å². The van der Waals surface area contributed by atoms with Crippen molar-refractivity contribution in [2.75, 3.05) is 18.6 Å². The molecule has 0 aliphatic carbocycles. The van der Waals surface area contributed by atoms with Crippen LogP contribution >= 0.6 is 0 Å². The van der Waals surface area contributed by atoms with Gasteiger partial charge in [0.25, 0.3) is 0 Å². The highest BCUT2D eigenvalue weighted by molar-refractivity contribution is 7.91. The van der Waals surface area contributed by atoms with Crippen LogP contribution in [0.25, 0.3) is 0 Å². The minimum absolute atomic E-state index is 0.0568. The van der Waals surface area contributed by atoms with Gasteiger partial charge in [-0.05, 0) is 24.8 Å². The first-order valence-corrected chi connectivity index (χ1v) is 10.3. The lowest BCUT2D eigenvalue weighted by molar-refractivity contribution is -0.133. The fourth-order valence-corrected chi connectivity index (χ4v) is 5.02. The van der Waals surface area contributed by atoms with Crippen LogP contribution in [0.1, 0.15) is 38.8 Å². The Bertz CT molecular complexity index is 658. The van der Waals surface area contributed by atoms with Crippen LogP contribution < -0.4 is 5.32 Å². The normalized spacial score (nSPS) is 22.3. The van der Waals surface area contributed by atoms with Gasteiger partial charge in [0.2, 0.25) is 5.91 Å². The molecule has 1 heterocycles. The van der Waals surface area contributed by atoms with Crippen LogP contribution in [0, 0.1) is 5.92 Å². The Balaban J connectivity index is 2.04. The van der Waals surface area contributed by atoms with Crippen molar-refractivity contribution in [3.05, 3.63) is 35.9 Å². The summed E-state index contributed by atoms with van der Waals surface area (Å²) in [6.07, 6.45) is 0.531. The summed E-state index contributed by atoms with van der Waals surface area (Å²) in [5, 5.41) is 3.42. The fourth-order valence-electron chi connectivity index (χ4n) is 3.24. The summed E-state index contributed by atoms with van der Waals surface area (Å²) in [5.74, 6) is 0.530. The summed E-state index contributed by atoms with van der Waals surface area (Å²) in [4.78, 5) is 14.3. The number of carbonyl (C=O) groups is 1. The summed E-state index contributed by atoms with van der Waals surface area (Å²) < 4.78 is 23.3. The average Bonchev–Trinajstić information content (AvgIpc) is 2.91. The predicted molar refractivity (Wildman–Crippen MR) is 96.4 cm³/mol. The summed E-state index contributed by atoms with van der Waals surface area (Å²) >= 11 is 0. The van der Waals surface area contributed by atoms with E-state index in [1.807, 2.05) is 25.1 Å². The van der Waals surface area contributed by atoms with Crippen molar-refractivity contribution in [2.24, 2.45) is 5.92 Å². The van der Waals surface area contributed by atoms with Crippen LogP contribution in [0.4, 0.5) is 0 Å². The maximum Gasteiger partial charge on any atom is 0.239 e. The van der Waals surface area contributed by atoms with Crippen molar-refractivity contribution in [3.63, 3.8) is 0 Å². The molecule has 1 aliphatic rings. The highest BCUT2D eigenvalue weighted by atomic mass is 32.2. The highest BCUT2D eigenvalue weighted by Crippen LogP contribution is 2.23. The van der Waals surface area contributed by atoms with E-state index in [0.717, 1.165) is 5.56 Å². The van der Waals surface area contributed by atoms with Gasteiger partial charge in [0.15, 0.2) is 9.84 Å². The van der Waals surface area contributed by atoms with Gasteiger partial charge >= 0.3 is 0 Å². The predicted octanol–water partition coefficient (Wildman–Crippen LogP) is 2.01. The Morgan fingerprint density at radius 1 is 1.21 bits per heavy atom. The summed E-state index contributed by atoms with van der Waals surface area (Å²) in [5.41, 5.74) is 1.15. The molecule has 2 rings (SSSR count). The fraction of sp³-hybridized carbons (Fsp3) is 0.611. The number of rotatable bonds is 6. The van der Waals surface area contributed by atoms with Gasteiger partial charge < -0.3 is 4.90 Å². The van der Waals surface area contributed by atoms with E-state index in [9.17, 15) is 13.2 Å². The lowest BCUT2D eigenvalue weighted by Crippen LogP contribution is -2.49. The van der Waals surface area contributed by atoms with Crippen LogP contribution in [-0.2, 0) is 14.6 Å². The zero-order valence-corrected chi connectivity index (χ0v) is 15.7. The van der Waals surface area contributed by atoms with Crippen molar-refractivity contribution >= 4 is 15.7 Å². The maximum atomic E-state index is 12.7. The number of carbonyl (C=O) groups excluding carboxylic acids is 1.